The van der Waals surface area contributed by atoms with Gasteiger partial charge < -0.3 is 20.0 Å². The van der Waals surface area contributed by atoms with Gasteiger partial charge in [0, 0.05) is 32.2 Å². The van der Waals surface area contributed by atoms with Crippen LogP contribution in [-0.4, -0.2) is 42.1 Å². The summed E-state index contributed by atoms with van der Waals surface area (Å²) >= 11 is 3.18. The van der Waals surface area contributed by atoms with Crippen LogP contribution in [0, 0.1) is 6.92 Å². The Morgan fingerprint density at radius 3 is 2.76 bits per heavy atom. The van der Waals surface area contributed by atoms with Gasteiger partial charge in [-0.1, -0.05) is 0 Å². The molecule has 1 aliphatic heterocycles. The van der Waals surface area contributed by atoms with E-state index < -0.39 is 0 Å². The van der Waals surface area contributed by atoms with Crippen molar-refractivity contribution in [2.45, 2.75) is 26.2 Å². The van der Waals surface area contributed by atoms with Gasteiger partial charge in [0.25, 0.3) is 5.91 Å². The molecule has 25 heavy (non-hydrogen) atoms. The number of hydrogen-bond donors (Lipinski definition) is 2. The smallest absolute Gasteiger partial charge is 0.287 e. The van der Waals surface area contributed by atoms with Crippen LogP contribution in [-0.2, 0) is 0 Å². The summed E-state index contributed by atoms with van der Waals surface area (Å²) in [7, 11) is 0. The van der Waals surface area contributed by atoms with E-state index in [1.807, 2.05) is 13.0 Å². The van der Waals surface area contributed by atoms with Gasteiger partial charge in [-0.3, -0.25) is 4.79 Å². The summed E-state index contributed by atoms with van der Waals surface area (Å²) in [5.74, 6) is 2.55. The van der Waals surface area contributed by atoms with Crippen LogP contribution >= 0.6 is 15.9 Å². The van der Waals surface area contributed by atoms with Crippen molar-refractivity contribution in [3.8, 4) is 0 Å². The molecule has 8 heteroatoms. The van der Waals surface area contributed by atoms with Crippen LogP contribution in [0.4, 0.5) is 11.6 Å². The lowest BCUT2D eigenvalue weighted by molar-refractivity contribution is 0.0926. The van der Waals surface area contributed by atoms with Gasteiger partial charge in [-0.25, -0.2) is 9.97 Å². The lowest BCUT2D eigenvalue weighted by Crippen LogP contribution is -2.31. The molecule has 1 fully saturated rings. The third-order valence-electron chi connectivity index (χ3n) is 4.02. The van der Waals surface area contributed by atoms with Gasteiger partial charge in [-0.2, -0.15) is 0 Å². The van der Waals surface area contributed by atoms with Crippen molar-refractivity contribution >= 4 is 33.5 Å². The minimum atomic E-state index is -0.236. The van der Waals surface area contributed by atoms with Gasteiger partial charge in [-0.05, 0) is 54.2 Å². The van der Waals surface area contributed by atoms with Crippen molar-refractivity contribution in [3.05, 3.63) is 34.5 Å². The maximum atomic E-state index is 11.9. The van der Waals surface area contributed by atoms with Gasteiger partial charge in [0.2, 0.25) is 0 Å². The van der Waals surface area contributed by atoms with E-state index in [2.05, 4.69) is 41.4 Å². The number of nitrogens with zero attached hydrogens (tertiary/aromatic N) is 3. The highest BCUT2D eigenvalue weighted by molar-refractivity contribution is 9.10. The summed E-state index contributed by atoms with van der Waals surface area (Å²) in [6, 6.07) is 5.30. The maximum absolute atomic E-state index is 11.9. The Morgan fingerprint density at radius 1 is 1.24 bits per heavy atom. The molecule has 2 N–H and O–H groups in total. The molecule has 0 unspecified atom stereocenters. The highest BCUT2D eigenvalue weighted by atomic mass is 79.9. The van der Waals surface area contributed by atoms with E-state index >= 15 is 0 Å². The molecule has 0 bridgehead atoms. The third-order valence-corrected chi connectivity index (χ3v) is 4.44. The maximum Gasteiger partial charge on any atom is 0.287 e. The second-order valence-electron chi connectivity index (χ2n) is 5.99. The number of carbonyl (C=O) groups is 1. The summed E-state index contributed by atoms with van der Waals surface area (Å²) in [5, 5.41) is 6.05. The van der Waals surface area contributed by atoms with E-state index in [1.165, 1.54) is 19.3 Å². The van der Waals surface area contributed by atoms with Gasteiger partial charge >= 0.3 is 0 Å². The van der Waals surface area contributed by atoms with Crippen LogP contribution in [0.2, 0.25) is 0 Å². The predicted molar refractivity (Wildman–Crippen MR) is 100 cm³/mol. The zero-order valence-electron chi connectivity index (χ0n) is 14.2. The van der Waals surface area contributed by atoms with E-state index in [1.54, 1.807) is 12.1 Å². The fraction of sp³-hybridized carbons (Fsp3) is 0.471. The van der Waals surface area contributed by atoms with E-state index in [0.717, 1.165) is 30.5 Å². The number of rotatable bonds is 6. The van der Waals surface area contributed by atoms with E-state index in [4.69, 9.17) is 4.42 Å². The largest absolute Gasteiger partial charge is 0.444 e. The van der Waals surface area contributed by atoms with Crippen molar-refractivity contribution in [2.24, 2.45) is 0 Å². The average Bonchev–Trinajstić information content (AvgIpc) is 3.05. The fourth-order valence-electron chi connectivity index (χ4n) is 2.82. The zero-order chi connectivity index (χ0) is 17.6. The number of halogens is 1. The standard InChI is InChI=1S/C17H22BrN5O2/c1-12-21-15(11-16(22-12)23-9-3-2-4-10-23)19-7-8-20-17(24)13-5-6-14(18)25-13/h5-6,11H,2-4,7-10H2,1H3,(H,20,24)(H,19,21,22). The van der Waals surface area contributed by atoms with Crippen LogP contribution in [0.1, 0.15) is 35.6 Å². The van der Waals surface area contributed by atoms with Crippen molar-refractivity contribution < 1.29 is 9.21 Å². The molecule has 2 aromatic heterocycles. The fourth-order valence-corrected chi connectivity index (χ4v) is 3.12. The van der Waals surface area contributed by atoms with Crippen molar-refractivity contribution in [1.29, 1.82) is 0 Å². The molecule has 1 saturated heterocycles. The van der Waals surface area contributed by atoms with Crippen LogP contribution < -0.4 is 15.5 Å². The zero-order valence-corrected chi connectivity index (χ0v) is 15.8. The number of aryl methyl sites for hydroxylation is 1. The topological polar surface area (TPSA) is 83.3 Å². The van der Waals surface area contributed by atoms with Crippen LogP contribution in [0.25, 0.3) is 0 Å². The van der Waals surface area contributed by atoms with Crippen molar-refractivity contribution in [2.75, 3.05) is 36.4 Å². The third kappa shape index (κ3) is 4.94. The number of anilines is 2. The minimum absolute atomic E-state index is 0.236. The van der Waals surface area contributed by atoms with E-state index in [-0.39, 0.29) is 11.7 Å². The number of nitrogens with one attached hydrogen (secondary N) is 2. The normalized spacial score (nSPS) is 14.4. The molecule has 0 atom stereocenters. The number of furan rings is 1. The molecule has 3 heterocycles. The second kappa shape index (κ2) is 8.33. The number of piperidine rings is 1. The molecule has 134 valence electrons. The Bertz CT molecular complexity index is 728. The molecular weight excluding hydrogens is 386 g/mol. The first-order valence-corrected chi connectivity index (χ1v) is 9.29. The quantitative estimate of drug-likeness (QED) is 0.716. The number of amides is 1. The Labute approximate surface area is 155 Å². The Hall–Kier alpha value is -2.09. The first-order chi connectivity index (χ1) is 12.1. The summed E-state index contributed by atoms with van der Waals surface area (Å²) in [6.07, 6.45) is 3.71. The molecule has 7 nitrogen and oxygen atoms in total. The highest BCUT2D eigenvalue weighted by Crippen LogP contribution is 2.20. The Kier molecular flexibility index (Phi) is 5.91. The lowest BCUT2D eigenvalue weighted by Gasteiger charge is -2.28. The van der Waals surface area contributed by atoms with E-state index in [0.29, 0.717) is 17.8 Å². The molecule has 0 spiro atoms. The number of hydrogen-bond acceptors (Lipinski definition) is 6. The van der Waals surface area contributed by atoms with Gasteiger partial charge in [0.05, 0.1) is 0 Å². The lowest BCUT2D eigenvalue weighted by atomic mass is 10.1. The second-order valence-corrected chi connectivity index (χ2v) is 6.77. The minimum Gasteiger partial charge on any atom is -0.444 e. The summed E-state index contributed by atoms with van der Waals surface area (Å²) < 4.78 is 5.76. The van der Waals surface area contributed by atoms with E-state index in [9.17, 15) is 4.79 Å². The predicted octanol–water partition coefficient (Wildman–Crippen LogP) is 2.97. The van der Waals surface area contributed by atoms with Crippen molar-refractivity contribution in [1.82, 2.24) is 15.3 Å². The average molecular weight is 408 g/mol. The van der Waals surface area contributed by atoms with Crippen molar-refractivity contribution in [3.63, 3.8) is 0 Å². The van der Waals surface area contributed by atoms with Gasteiger partial charge in [-0.15, -0.1) is 0 Å². The molecule has 3 rings (SSSR count). The molecular formula is C17H22BrN5O2. The molecule has 0 aromatic carbocycles. The number of aromatic nitrogens is 2. The molecule has 0 radical (unpaired) electrons. The molecule has 0 saturated carbocycles. The first kappa shape index (κ1) is 17.7. The van der Waals surface area contributed by atoms with Crippen LogP contribution in [0.5, 0.6) is 0 Å². The molecule has 0 aliphatic carbocycles. The van der Waals surface area contributed by atoms with Crippen LogP contribution in [0.15, 0.2) is 27.3 Å². The molecule has 1 amide bonds. The summed E-state index contributed by atoms with van der Waals surface area (Å²) in [5.41, 5.74) is 0. The summed E-state index contributed by atoms with van der Waals surface area (Å²) in [4.78, 5) is 23.2. The van der Waals surface area contributed by atoms with Gasteiger partial charge in [0.15, 0.2) is 10.4 Å². The Balaban J connectivity index is 1.51. The monoisotopic (exact) mass is 407 g/mol. The highest BCUT2D eigenvalue weighted by Gasteiger charge is 2.14. The SMILES string of the molecule is Cc1nc(NCCNC(=O)c2ccc(Br)o2)cc(N2CCCCC2)n1. The van der Waals surface area contributed by atoms with Gasteiger partial charge in [0.1, 0.15) is 17.5 Å². The first-order valence-electron chi connectivity index (χ1n) is 8.50. The Morgan fingerprint density at radius 2 is 2.04 bits per heavy atom. The van der Waals surface area contributed by atoms with Crippen LogP contribution in [0.3, 0.4) is 0 Å². The molecule has 2 aromatic rings. The number of carbonyl (C=O) groups excluding carboxylic acids is 1. The summed E-state index contributed by atoms with van der Waals surface area (Å²) in [6.45, 7) is 5.03. The molecule has 1 aliphatic rings.